The molecule has 0 saturated carbocycles. The van der Waals surface area contributed by atoms with Gasteiger partial charge in [0.2, 0.25) is 0 Å². The van der Waals surface area contributed by atoms with Crippen LogP contribution in [0.25, 0.3) is 0 Å². The largest absolute Gasteiger partial charge is 0.377 e. The molecule has 1 rings (SSSR count). The van der Waals surface area contributed by atoms with Gasteiger partial charge in [0.15, 0.2) is 0 Å². The zero-order valence-corrected chi connectivity index (χ0v) is 13.9. The molecule has 0 heterocycles. The summed E-state index contributed by atoms with van der Waals surface area (Å²) in [5.41, 5.74) is 0.766. The molecule has 72 valence electrons. The monoisotopic (exact) mass is 498 g/mol. The molecule has 0 aliphatic carbocycles. The van der Waals surface area contributed by atoms with Crippen LogP contribution in [0.4, 0.5) is 0 Å². The van der Waals surface area contributed by atoms with Crippen LogP contribution in [0.15, 0.2) is 24.0 Å². The molecular weight excluding hydrogens is 500 g/mol. The van der Waals surface area contributed by atoms with Crippen molar-refractivity contribution >= 4 is 79.6 Å². The molecule has 1 aromatic carbocycles. The predicted octanol–water partition coefficient (Wildman–Crippen LogP) is 5.12. The summed E-state index contributed by atoms with van der Waals surface area (Å²) in [6.45, 7) is 0. The van der Waals surface area contributed by atoms with Gasteiger partial charge < -0.3 is 5.11 Å². The van der Waals surface area contributed by atoms with Crippen LogP contribution in [-0.4, -0.2) is 5.11 Å². The molecule has 0 amide bonds. The first-order valence-corrected chi connectivity index (χ1v) is 7.19. The first-order chi connectivity index (χ1) is 5.95. The average molecular weight is 503 g/mol. The van der Waals surface area contributed by atoms with Crippen molar-refractivity contribution in [3.05, 3.63) is 29.5 Å². The Hall–Kier alpha value is 1.58. The van der Waals surface area contributed by atoms with E-state index in [2.05, 4.69) is 79.6 Å². The number of hydrogen-bond acceptors (Lipinski definition) is 1. The first kappa shape index (κ1) is 12.6. The van der Waals surface area contributed by atoms with E-state index in [1.54, 1.807) is 0 Å². The SMILES string of the molecule is OC(Br)c1cc(Br)c(Br)c(Br)c1Br. The third-order valence-electron chi connectivity index (χ3n) is 1.39. The number of benzene rings is 1. The van der Waals surface area contributed by atoms with E-state index >= 15 is 0 Å². The van der Waals surface area contributed by atoms with Crippen LogP contribution < -0.4 is 0 Å². The quantitative estimate of drug-likeness (QED) is 0.321. The third kappa shape index (κ3) is 2.78. The Labute approximate surface area is 118 Å². The lowest BCUT2D eigenvalue weighted by Crippen LogP contribution is -1.91. The van der Waals surface area contributed by atoms with Crippen LogP contribution in [0.1, 0.15) is 10.6 Å². The van der Waals surface area contributed by atoms with Crippen molar-refractivity contribution in [2.45, 2.75) is 5.01 Å². The summed E-state index contributed by atoms with van der Waals surface area (Å²) in [4.78, 5) is 0. The lowest BCUT2D eigenvalue weighted by Gasteiger charge is -2.10. The Morgan fingerprint density at radius 2 is 1.54 bits per heavy atom. The molecule has 0 radical (unpaired) electrons. The number of aliphatic hydroxyl groups is 1. The molecule has 1 nitrogen and oxygen atoms in total. The molecule has 13 heavy (non-hydrogen) atoms. The van der Waals surface area contributed by atoms with Crippen LogP contribution >= 0.6 is 79.6 Å². The highest BCUT2D eigenvalue weighted by atomic mass is 79.9. The van der Waals surface area contributed by atoms with E-state index in [-0.39, 0.29) is 0 Å². The molecule has 1 aromatic rings. The third-order valence-corrected chi connectivity index (χ3v) is 6.57. The van der Waals surface area contributed by atoms with Crippen molar-refractivity contribution in [2.75, 3.05) is 0 Å². The van der Waals surface area contributed by atoms with Crippen LogP contribution in [-0.2, 0) is 0 Å². The van der Waals surface area contributed by atoms with Crippen LogP contribution in [0.3, 0.4) is 0 Å². The number of rotatable bonds is 1. The molecular formula is C7H3Br5O. The summed E-state index contributed by atoms with van der Waals surface area (Å²) >= 11 is 16.6. The molecule has 1 unspecified atom stereocenters. The van der Waals surface area contributed by atoms with E-state index < -0.39 is 5.01 Å². The molecule has 0 bridgehead atoms. The summed E-state index contributed by atoms with van der Waals surface area (Å²) in [5.74, 6) is 0. The van der Waals surface area contributed by atoms with Crippen molar-refractivity contribution < 1.29 is 5.11 Å². The second kappa shape index (κ2) is 5.07. The van der Waals surface area contributed by atoms with Crippen molar-refractivity contribution in [1.29, 1.82) is 0 Å². The fraction of sp³-hybridized carbons (Fsp3) is 0.143. The van der Waals surface area contributed by atoms with Gasteiger partial charge >= 0.3 is 0 Å². The Kier molecular flexibility index (Phi) is 4.94. The molecule has 6 heteroatoms. The van der Waals surface area contributed by atoms with Gasteiger partial charge in [-0.2, -0.15) is 0 Å². The van der Waals surface area contributed by atoms with Crippen molar-refractivity contribution in [3.8, 4) is 0 Å². The van der Waals surface area contributed by atoms with Gasteiger partial charge in [0.25, 0.3) is 0 Å². The lowest BCUT2D eigenvalue weighted by molar-refractivity contribution is 0.276. The second-order valence-electron chi connectivity index (χ2n) is 2.23. The number of aliphatic hydroxyl groups excluding tert-OH is 1. The number of hydrogen-bond donors (Lipinski definition) is 1. The highest BCUT2D eigenvalue weighted by Gasteiger charge is 2.15. The van der Waals surface area contributed by atoms with Gasteiger partial charge in [0.05, 0.1) is 0 Å². The summed E-state index contributed by atoms with van der Waals surface area (Å²) in [6.07, 6.45) is 0. The van der Waals surface area contributed by atoms with Gasteiger partial charge in [0, 0.05) is 23.5 Å². The minimum atomic E-state index is -0.678. The summed E-state index contributed by atoms with van der Waals surface area (Å²) in [5, 5.41) is 8.70. The highest BCUT2D eigenvalue weighted by molar-refractivity contribution is 9.15. The predicted molar refractivity (Wildman–Crippen MR) is 71.1 cm³/mol. The molecule has 1 atom stereocenters. The van der Waals surface area contributed by atoms with Crippen LogP contribution in [0.5, 0.6) is 0 Å². The molecule has 1 N–H and O–H groups in total. The van der Waals surface area contributed by atoms with Gasteiger partial charge in [-0.1, -0.05) is 15.9 Å². The molecule has 0 fully saturated rings. The van der Waals surface area contributed by atoms with Crippen molar-refractivity contribution in [2.24, 2.45) is 0 Å². The van der Waals surface area contributed by atoms with E-state index in [0.717, 1.165) is 23.5 Å². The van der Waals surface area contributed by atoms with Gasteiger partial charge in [-0.3, -0.25) is 0 Å². The summed E-state index contributed by atoms with van der Waals surface area (Å²) in [7, 11) is 0. The lowest BCUT2D eigenvalue weighted by atomic mass is 10.2. The molecule has 0 aliphatic rings. The molecule has 0 aliphatic heterocycles. The topological polar surface area (TPSA) is 20.2 Å². The maximum Gasteiger partial charge on any atom is 0.135 e. The van der Waals surface area contributed by atoms with Gasteiger partial charge in [-0.25, -0.2) is 0 Å². The molecule has 0 aromatic heterocycles. The summed E-state index contributed by atoms with van der Waals surface area (Å²) < 4.78 is 3.50. The van der Waals surface area contributed by atoms with Crippen molar-refractivity contribution in [1.82, 2.24) is 0 Å². The highest BCUT2D eigenvalue weighted by Crippen LogP contribution is 2.41. The van der Waals surface area contributed by atoms with Crippen LogP contribution in [0.2, 0.25) is 0 Å². The Bertz CT molecular complexity index is 336. The van der Waals surface area contributed by atoms with E-state index in [4.69, 9.17) is 0 Å². The normalized spacial score (nSPS) is 13.1. The minimum Gasteiger partial charge on any atom is -0.377 e. The van der Waals surface area contributed by atoms with E-state index in [9.17, 15) is 5.11 Å². The zero-order chi connectivity index (χ0) is 10.2. The number of halogens is 5. The van der Waals surface area contributed by atoms with Gasteiger partial charge in [-0.15, -0.1) is 0 Å². The summed E-state index contributed by atoms with van der Waals surface area (Å²) in [6, 6.07) is 1.83. The van der Waals surface area contributed by atoms with Crippen LogP contribution in [0, 0.1) is 0 Å². The molecule has 0 spiro atoms. The van der Waals surface area contributed by atoms with Gasteiger partial charge in [0.1, 0.15) is 5.01 Å². The fourth-order valence-electron chi connectivity index (χ4n) is 0.765. The fourth-order valence-corrected chi connectivity index (χ4v) is 3.69. The Morgan fingerprint density at radius 1 is 1.00 bits per heavy atom. The zero-order valence-electron chi connectivity index (χ0n) is 5.99. The van der Waals surface area contributed by atoms with Gasteiger partial charge in [-0.05, 0) is 69.8 Å². The Balaban J connectivity index is 3.41. The van der Waals surface area contributed by atoms with E-state index in [1.165, 1.54) is 0 Å². The minimum absolute atomic E-state index is 0.678. The maximum atomic E-state index is 9.37. The maximum absolute atomic E-state index is 9.37. The Morgan fingerprint density at radius 3 is 2.00 bits per heavy atom. The smallest absolute Gasteiger partial charge is 0.135 e. The first-order valence-electron chi connectivity index (χ1n) is 3.10. The van der Waals surface area contributed by atoms with Crippen molar-refractivity contribution in [3.63, 3.8) is 0 Å². The number of alkyl halides is 1. The van der Waals surface area contributed by atoms with E-state index in [0.29, 0.717) is 0 Å². The second-order valence-corrected chi connectivity index (χ2v) is 6.33. The van der Waals surface area contributed by atoms with E-state index in [1.807, 2.05) is 6.07 Å². The molecule has 0 saturated heterocycles. The standard InChI is InChI=1S/C7H3Br5O/c8-3-1-2(7(12)13)4(9)6(11)5(3)10/h1,7,13H. The average Bonchev–Trinajstić information content (AvgIpc) is 2.07.